The fraction of sp³-hybridized carbons (Fsp3) is 0. The van der Waals surface area contributed by atoms with Gasteiger partial charge in [-0.25, -0.2) is 4.98 Å². The number of aromatic amines is 1. The van der Waals surface area contributed by atoms with Gasteiger partial charge in [0.2, 0.25) is 0 Å². The molecule has 3 heterocycles. The molecule has 72 valence electrons. The summed E-state index contributed by atoms with van der Waals surface area (Å²) in [7, 11) is 0. The number of rotatable bonds is 1. The summed E-state index contributed by atoms with van der Waals surface area (Å²) >= 11 is 0. The molecular weight excluding hydrogens is 188 g/mol. The summed E-state index contributed by atoms with van der Waals surface area (Å²) in [4.78, 5) is 8.26. The lowest BCUT2D eigenvalue weighted by molar-refractivity contribution is 1.10. The summed E-state index contributed by atoms with van der Waals surface area (Å²) in [6.45, 7) is 0. The molecule has 0 unspecified atom stereocenters. The van der Waals surface area contributed by atoms with Gasteiger partial charge in [0, 0.05) is 29.5 Å². The van der Waals surface area contributed by atoms with Gasteiger partial charge >= 0.3 is 0 Å². The quantitative estimate of drug-likeness (QED) is 0.647. The van der Waals surface area contributed by atoms with Crippen molar-refractivity contribution in [3.8, 4) is 11.1 Å². The van der Waals surface area contributed by atoms with E-state index in [-0.39, 0.29) is 0 Å². The van der Waals surface area contributed by atoms with Gasteiger partial charge in [0.25, 0.3) is 0 Å². The van der Waals surface area contributed by atoms with Crippen LogP contribution in [-0.2, 0) is 0 Å². The van der Waals surface area contributed by atoms with Gasteiger partial charge < -0.3 is 0 Å². The number of nitrogens with one attached hydrogen (secondary N) is 1. The van der Waals surface area contributed by atoms with Crippen molar-refractivity contribution in [2.75, 3.05) is 0 Å². The molecule has 0 aromatic carbocycles. The molecule has 3 aromatic heterocycles. The highest BCUT2D eigenvalue weighted by atomic mass is 15.1. The summed E-state index contributed by atoms with van der Waals surface area (Å²) in [5, 5.41) is 7.78. The molecule has 0 atom stereocenters. The minimum Gasteiger partial charge on any atom is -0.265 e. The van der Waals surface area contributed by atoms with E-state index in [1.807, 2.05) is 18.3 Å². The van der Waals surface area contributed by atoms with Gasteiger partial charge in [0.1, 0.15) is 0 Å². The molecule has 0 amide bonds. The highest BCUT2D eigenvalue weighted by molar-refractivity contribution is 5.79. The van der Waals surface area contributed by atoms with E-state index in [9.17, 15) is 0 Å². The normalized spacial score (nSPS) is 10.7. The topological polar surface area (TPSA) is 54.5 Å². The monoisotopic (exact) mass is 196 g/mol. The number of nitrogens with zero attached hydrogens (tertiary/aromatic N) is 3. The molecule has 3 aromatic rings. The first kappa shape index (κ1) is 8.11. The Labute approximate surface area is 86.0 Å². The average Bonchev–Trinajstić information content (AvgIpc) is 2.77. The first-order valence-electron chi connectivity index (χ1n) is 4.63. The van der Waals surface area contributed by atoms with Crippen LogP contribution in [0.4, 0.5) is 0 Å². The molecule has 0 saturated heterocycles. The lowest BCUT2D eigenvalue weighted by atomic mass is 10.1. The molecule has 0 fully saturated rings. The zero-order chi connectivity index (χ0) is 10.1. The van der Waals surface area contributed by atoms with Crippen LogP contribution >= 0.6 is 0 Å². The third-order valence-corrected chi connectivity index (χ3v) is 2.30. The Hall–Kier alpha value is -2.23. The Kier molecular flexibility index (Phi) is 1.71. The molecule has 0 aliphatic heterocycles. The molecule has 0 aliphatic rings. The number of hydrogen-bond donors (Lipinski definition) is 1. The molecule has 15 heavy (non-hydrogen) atoms. The Morgan fingerprint density at radius 3 is 2.73 bits per heavy atom. The van der Waals surface area contributed by atoms with Crippen LogP contribution in [0.25, 0.3) is 22.2 Å². The molecule has 4 nitrogen and oxygen atoms in total. The minimum atomic E-state index is 0.813. The second-order valence-electron chi connectivity index (χ2n) is 3.27. The second-order valence-corrected chi connectivity index (χ2v) is 3.27. The van der Waals surface area contributed by atoms with E-state index in [1.165, 1.54) is 0 Å². The van der Waals surface area contributed by atoms with Gasteiger partial charge in [0.05, 0.1) is 6.20 Å². The molecule has 0 bridgehead atoms. The van der Waals surface area contributed by atoms with Crippen LogP contribution in [0.3, 0.4) is 0 Å². The minimum absolute atomic E-state index is 0.813. The number of fused-ring (bicyclic) bond motifs is 1. The Morgan fingerprint density at radius 2 is 1.87 bits per heavy atom. The van der Waals surface area contributed by atoms with Crippen LogP contribution in [0.5, 0.6) is 0 Å². The molecule has 0 spiro atoms. The van der Waals surface area contributed by atoms with Crippen molar-refractivity contribution in [3.05, 3.63) is 43.0 Å². The van der Waals surface area contributed by atoms with E-state index in [2.05, 4.69) is 26.2 Å². The Morgan fingerprint density at radius 1 is 1.00 bits per heavy atom. The van der Waals surface area contributed by atoms with Gasteiger partial charge in [0.15, 0.2) is 5.65 Å². The third-order valence-electron chi connectivity index (χ3n) is 2.30. The first-order valence-corrected chi connectivity index (χ1v) is 4.63. The highest BCUT2D eigenvalue weighted by Crippen LogP contribution is 2.20. The van der Waals surface area contributed by atoms with Crippen molar-refractivity contribution >= 4 is 11.0 Å². The van der Waals surface area contributed by atoms with E-state index < -0.39 is 0 Å². The molecule has 0 aliphatic carbocycles. The number of aromatic nitrogens is 4. The van der Waals surface area contributed by atoms with Gasteiger partial charge in [-0.1, -0.05) is 0 Å². The van der Waals surface area contributed by atoms with E-state index in [1.54, 1.807) is 18.6 Å². The molecular formula is C11H8N4. The summed E-state index contributed by atoms with van der Waals surface area (Å²) in [6.07, 6.45) is 7.15. The van der Waals surface area contributed by atoms with Crippen LogP contribution in [0, 0.1) is 0 Å². The van der Waals surface area contributed by atoms with Gasteiger partial charge in [-0.15, -0.1) is 0 Å². The van der Waals surface area contributed by atoms with Crippen LogP contribution in [-0.4, -0.2) is 20.2 Å². The molecule has 1 N–H and O–H groups in total. The summed E-state index contributed by atoms with van der Waals surface area (Å²) < 4.78 is 0. The fourth-order valence-electron chi connectivity index (χ4n) is 1.54. The standard InChI is InChI=1S/C11H8N4/c1-3-12-4-2-8(1)9-5-10-7-14-15-11(10)13-6-9/h1-7H,(H,13,14,15). The van der Waals surface area contributed by atoms with Gasteiger partial charge in [-0.05, 0) is 23.8 Å². The second kappa shape index (κ2) is 3.16. The summed E-state index contributed by atoms with van der Waals surface area (Å²) in [5.41, 5.74) is 3.00. The lowest BCUT2D eigenvalue weighted by Crippen LogP contribution is -1.81. The van der Waals surface area contributed by atoms with Crippen LogP contribution in [0.2, 0.25) is 0 Å². The number of pyridine rings is 2. The largest absolute Gasteiger partial charge is 0.265 e. The van der Waals surface area contributed by atoms with Gasteiger partial charge in [-0.2, -0.15) is 5.10 Å². The molecule has 0 radical (unpaired) electrons. The van der Waals surface area contributed by atoms with Crippen LogP contribution < -0.4 is 0 Å². The number of hydrogen-bond acceptors (Lipinski definition) is 3. The predicted octanol–water partition coefficient (Wildman–Crippen LogP) is 2.02. The number of H-pyrrole nitrogens is 1. The van der Waals surface area contributed by atoms with Gasteiger partial charge in [-0.3, -0.25) is 10.1 Å². The Bertz CT molecular complexity index is 586. The maximum atomic E-state index is 4.28. The zero-order valence-electron chi connectivity index (χ0n) is 7.88. The van der Waals surface area contributed by atoms with Crippen molar-refractivity contribution in [2.24, 2.45) is 0 Å². The van der Waals surface area contributed by atoms with Crippen LogP contribution in [0.1, 0.15) is 0 Å². The first-order chi connectivity index (χ1) is 7.43. The maximum absolute atomic E-state index is 4.28. The third kappa shape index (κ3) is 1.36. The average molecular weight is 196 g/mol. The van der Waals surface area contributed by atoms with Crippen molar-refractivity contribution < 1.29 is 0 Å². The molecule has 3 rings (SSSR count). The van der Waals surface area contributed by atoms with Crippen molar-refractivity contribution in [2.45, 2.75) is 0 Å². The summed E-state index contributed by atoms with van der Waals surface area (Å²) in [5.74, 6) is 0. The smallest absolute Gasteiger partial charge is 0.155 e. The van der Waals surface area contributed by atoms with Crippen LogP contribution in [0.15, 0.2) is 43.0 Å². The highest BCUT2D eigenvalue weighted by Gasteiger charge is 2.00. The van der Waals surface area contributed by atoms with E-state index in [4.69, 9.17) is 0 Å². The summed E-state index contributed by atoms with van der Waals surface area (Å²) in [6, 6.07) is 5.98. The van der Waals surface area contributed by atoms with E-state index in [0.29, 0.717) is 0 Å². The Balaban J connectivity index is 2.19. The lowest BCUT2D eigenvalue weighted by Gasteiger charge is -1.99. The fourth-order valence-corrected chi connectivity index (χ4v) is 1.54. The van der Waals surface area contributed by atoms with E-state index >= 15 is 0 Å². The SMILES string of the molecule is c1cc(-c2cnc3[nH]ncc3c2)ccn1. The maximum Gasteiger partial charge on any atom is 0.155 e. The van der Waals surface area contributed by atoms with Crippen molar-refractivity contribution in [1.29, 1.82) is 0 Å². The zero-order valence-corrected chi connectivity index (χ0v) is 7.88. The van der Waals surface area contributed by atoms with Crippen molar-refractivity contribution in [3.63, 3.8) is 0 Å². The molecule has 4 heteroatoms. The van der Waals surface area contributed by atoms with Crippen molar-refractivity contribution in [1.82, 2.24) is 20.2 Å². The van der Waals surface area contributed by atoms with E-state index in [0.717, 1.165) is 22.2 Å². The predicted molar refractivity (Wildman–Crippen MR) is 57.1 cm³/mol. The molecule has 0 saturated carbocycles.